The molecule has 0 heterocycles. The number of halogens is 2. The molecule has 0 spiro atoms. The molecule has 0 aliphatic carbocycles. The molecule has 0 atom stereocenters. The van der Waals surface area contributed by atoms with Crippen molar-refractivity contribution in [1.29, 1.82) is 0 Å². The molecule has 0 saturated heterocycles. The molecule has 2 aromatic carbocycles. The van der Waals surface area contributed by atoms with Crippen LogP contribution in [0.15, 0.2) is 28.7 Å². The van der Waals surface area contributed by atoms with Crippen LogP contribution < -0.4 is 19.5 Å². The van der Waals surface area contributed by atoms with Gasteiger partial charge in [0.25, 0.3) is 5.91 Å². The van der Waals surface area contributed by atoms with Gasteiger partial charge in [-0.05, 0) is 48.7 Å². The van der Waals surface area contributed by atoms with E-state index in [-0.39, 0.29) is 19.1 Å². The molecular formula is C19H21BrClNO4. The second-order valence-electron chi connectivity index (χ2n) is 5.73. The first-order chi connectivity index (χ1) is 12.3. The van der Waals surface area contributed by atoms with Crippen LogP contribution >= 0.6 is 27.5 Å². The zero-order valence-corrected chi connectivity index (χ0v) is 17.5. The fraction of sp³-hybridized carbons (Fsp3) is 0.316. The Labute approximate surface area is 166 Å². The predicted molar refractivity (Wildman–Crippen MR) is 106 cm³/mol. The molecule has 0 aliphatic rings. The Hall–Kier alpha value is -1.92. The molecule has 7 heteroatoms. The van der Waals surface area contributed by atoms with Crippen LogP contribution in [0.3, 0.4) is 0 Å². The predicted octanol–water partition coefficient (Wildman–Crippen LogP) is 4.43. The minimum atomic E-state index is -0.238. The summed E-state index contributed by atoms with van der Waals surface area (Å²) in [6, 6.07) is 7.30. The van der Waals surface area contributed by atoms with E-state index in [1.807, 2.05) is 26.0 Å². The first-order valence-corrected chi connectivity index (χ1v) is 9.09. The second-order valence-corrected chi connectivity index (χ2v) is 7.06. The number of amides is 1. The first kappa shape index (κ1) is 20.4. The lowest BCUT2D eigenvalue weighted by Crippen LogP contribution is -2.28. The van der Waals surface area contributed by atoms with E-state index in [1.165, 1.54) is 0 Å². The minimum Gasteiger partial charge on any atom is -0.493 e. The SMILES string of the molecule is COc1cc(Cl)c(CNC(=O)COc2c(C)cc(Br)cc2C)cc1OC. The number of rotatable bonds is 7. The summed E-state index contributed by atoms with van der Waals surface area (Å²) in [6.45, 7) is 4.07. The van der Waals surface area contributed by atoms with Gasteiger partial charge in [0.1, 0.15) is 5.75 Å². The van der Waals surface area contributed by atoms with E-state index in [1.54, 1.807) is 26.4 Å². The molecular weight excluding hydrogens is 422 g/mol. The van der Waals surface area contributed by atoms with E-state index in [0.717, 1.165) is 21.2 Å². The van der Waals surface area contributed by atoms with Gasteiger partial charge in [-0.1, -0.05) is 27.5 Å². The topological polar surface area (TPSA) is 56.8 Å². The normalized spacial score (nSPS) is 10.4. The van der Waals surface area contributed by atoms with Crippen LogP contribution in [0, 0.1) is 13.8 Å². The molecule has 2 rings (SSSR count). The third kappa shape index (κ3) is 5.05. The van der Waals surface area contributed by atoms with Gasteiger partial charge in [0.05, 0.1) is 14.2 Å². The second kappa shape index (κ2) is 9.14. The van der Waals surface area contributed by atoms with Crippen molar-refractivity contribution in [3.8, 4) is 17.2 Å². The number of aryl methyl sites for hydroxylation is 2. The molecule has 0 unspecified atom stereocenters. The first-order valence-electron chi connectivity index (χ1n) is 7.92. The highest BCUT2D eigenvalue weighted by Crippen LogP contribution is 2.33. The van der Waals surface area contributed by atoms with Crippen LogP contribution in [-0.4, -0.2) is 26.7 Å². The van der Waals surface area contributed by atoms with Crippen LogP contribution in [0.2, 0.25) is 5.02 Å². The average molecular weight is 443 g/mol. The van der Waals surface area contributed by atoms with Crippen LogP contribution in [0.5, 0.6) is 17.2 Å². The van der Waals surface area contributed by atoms with Crippen LogP contribution in [-0.2, 0) is 11.3 Å². The Morgan fingerprint density at radius 1 is 1.08 bits per heavy atom. The van der Waals surface area contributed by atoms with Crippen molar-refractivity contribution < 1.29 is 19.0 Å². The Kier molecular flexibility index (Phi) is 7.17. The highest BCUT2D eigenvalue weighted by Gasteiger charge is 2.12. The van der Waals surface area contributed by atoms with Gasteiger partial charge in [0.2, 0.25) is 0 Å². The summed E-state index contributed by atoms with van der Waals surface area (Å²) < 4.78 is 17.1. The maximum Gasteiger partial charge on any atom is 0.258 e. The summed E-state index contributed by atoms with van der Waals surface area (Å²) >= 11 is 9.67. The summed E-state index contributed by atoms with van der Waals surface area (Å²) in [5.41, 5.74) is 2.66. The van der Waals surface area contributed by atoms with Gasteiger partial charge in [0, 0.05) is 22.1 Å². The van der Waals surface area contributed by atoms with Gasteiger partial charge < -0.3 is 19.5 Å². The third-order valence-electron chi connectivity index (χ3n) is 3.80. The van der Waals surface area contributed by atoms with E-state index < -0.39 is 0 Å². The van der Waals surface area contributed by atoms with Crippen molar-refractivity contribution in [2.45, 2.75) is 20.4 Å². The molecule has 26 heavy (non-hydrogen) atoms. The van der Waals surface area contributed by atoms with Crippen LogP contribution in [0.1, 0.15) is 16.7 Å². The van der Waals surface area contributed by atoms with Crippen molar-refractivity contribution in [2.75, 3.05) is 20.8 Å². The molecule has 0 aliphatic heterocycles. The number of nitrogens with one attached hydrogen (secondary N) is 1. The number of hydrogen-bond donors (Lipinski definition) is 1. The molecule has 1 N–H and O–H groups in total. The van der Waals surface area contributed by atoms with Crippen molar-refractivity contribution in [1.82, 2.24) is 5.32 Å². The number of benzene rings is 2. The van der Waals surface area contributed by atoms with Gasteiger partial charge in [-0.25, -0.2) is 0 Å². The zero-order chi connectivity index (χ0) is 19.3. The molecule has 2 aromatic rings. The maximum atomic E-state index is 12.1. The van der Waals surface area contributed by atoms with Gasteiger partial charge >= 0.3 is 0 Å². The molecule has 0 saturated carbocycles. The Balaban J connectivity index is 1.97. The summed E-state index contributed by atoms with van der Waals surface area (Å²) in [7, 11) is 3.09. The maximum absolute atomic E-state index is 12.1. The number of methoxy groups -OCH3 is 2. The highest BCUT2D eigenvalue weighted by atomic mass is 79.9. The van der Waals surface area contributed by atoms with E-state index >= 15 is 0 Å². The summed E-state index contributed by atoms with van der Waals surface area (Å²) in [5, 5.41) is 3.28. The number of carbonyl (C=O) groups is 1. The standard InChI is InChI=1S/C19H21BrClNO4/c1-11-5-14(20)6-12(2)19(11)26-10-18(23)22-9-13-7-16(24-3)17(25-4)8-15(13)21/h5-8H,9-10H2,1-4H3,(H,22,23). The number of hydrogen-bond acceptors (Lipinski definition) is 4. The Morgan fingerprint density at radius 2 is 1.65 bits per heavy atom. The molecule has 0 radical (unpaired) electrons. The van der Waals surface area contributed by atoms with Gasteiger partial charge in [-0.3, -0.25) is 4.79 Å². The van der Waals surface area contributed by atoms with Gasteiger partial charge in [0.15, 0.2) is 18.1 Å². The monoisotopic (exact) mass is 441 g/mol. The Morgan fingerprint density at radius 3 is 2.23 bits per heavy atom. The average Bonchev–Trinajstić information content (AvgIpc) is 2.59. The Bertz CT molecular complexity index is 787. The van der Waals surface area contributed by atoms with E-state index in [9.17, 15) is 4.79 Å². The molecule has 1 amide bonds. The molecule has 0 bridgehead atoms. The molecule has 0 fully saturated rings. The lowest BCUT2D eigenvalue weighted by atomic mass is 10.1. The van der Waals surface area contributed by atoms with E-state index in [4.69, 9.17) is 25.8 Å². The summed E-state index contributed by atoms with van der Waals surface area (Å²) in [4.78, 5) is 12.1. The fourth-order valence-electron chi connectivity index (χ4n) is 2.54. The van der Waals surface area contributed by atoms with E-state index in [0.29, 0.717) is 22.3 Å². The van der Waals surface area contributed by atoms with Gasteiger partial charge in [-0.15, -0.1) is 0 Å². The van der Waals surface area contributed by atoms with Crippen molar-refractivity contribution in [2.24, 2.45) is 0 Å². The van der Waals surface area contributed by atoms with Crippen molar-refractivity contribution in [3.05, 3.63) is 50.5 Å². The van der Waals surface area contributed by atoms with Crippen molar-refractivity contribution >= 4 is 33.4 Å². The lowest BCUT2D eigenvalue weighted by molar-refractivity contribution is -0.123. The molecule has 5 nitrogen and oxygen atoms in total. The summed E-state index contributed by atoms with van der Waals surface area (Å²) in [5.74, 6) is 1.57. The van der Waals surface area contributed by atoms with E-state index in [2.05, 4.69) is 21.2 Å². The molecule has 0 aromatic heterocycles. The van der Waals surface area contributed by atoms with Crippen LogP contribution in [0.25, 0.3) is 0 Å². The van der Waals surface area contributed by atoms with Crippen LogP contribution in [0.4, 0.5) is 0 Å². The number of ether oxygens (including phenoxy) is 3. The largest absolute Gasteiger partial charge is 0.493 e. The van der Waals surface area contributed by atoms with Gasteiger partial charge in [-0.2, -0.15) is 0 Å². The summed E-state index contributed by atoms with van der Waals surface area (Å²) in [6.07, 6.45) is 0. The lowest BCUT2D eigenvalue weighted by Gasteiger charge is -2.14. The number of carbonyl (C=O) groups excluding carboxylic acids is 1. The van der Waals surface area contributed by atoms with Crippen molar-refractivity contribution in [3.63, 3.8) is 0 Å². The minimum absolute atomic E-state index is 0.0752. The molecule has 140 valence electrons. The zero-order valence-electron chi connectivity index (χ0n) is 15.1. The third-order valence-corrected chi connectivity index (χ3v) is 4.61. The highest BCUT2D eigenvalue weighted by molar-refractivity contribution is 9.10. The quantitative estimate of drug-likeness (QED) is 0.689. The smallest absolute Gasteiger partial charge is 0.258 e. The fourth-order valence-corrected chi connectivity index (χ4v) is 3.45.